The van der Waals surface area contributed by atoms with E-state index >= 15 is 0 Å². The summed E-state index contributed by atoms with van der Waals surface area (Å²) in [6.45, 7) is 4.67. The highest BCUT2D eigenvalue weighted by Crippen LogP contribution is 2.32. The second kappa shape index (κ2) is 5.31. The second-order valence-electron chi connectivity index (χ2n) is 5.69. The molecule has 5 heteroatoms. The molecule has 2 N–H and O–H groups in total. The van der Waals surface area contributed by atoms with Crippen LogP contribution in [0.1, 0.15) is 40.0 Å². The molecule has 0 saturated carbocycles. The van der Waals surface area contributed by atoms with Crippen molar-refractivity contribution in [2.24, 2.45) is 0 Å². The first-order valence-corrected chi connectivity index (χ1v) is 8.28. The number of nitrogens with zero attached hydrogens (tertiary/aromatic N) is 2. The van der Waals surface area contributed by atoms with Crippen molar-refractivity contribution in [2.45, 2.75) is 31.8 Å². The van der Waals surface area contributed by atoms with Gasteiger partial charge in [0.1, 0.15) is 0 Å². The van der Waals surface area contributed by atoms with Crippen molar-refractivity contribution < 1.29 is 0 Å². The summed E-state index contributed by atoms with van der Waals surface area (Å²) in [5.74, 6) is 0. The number of imidazole rings is 1. The zero-order valence-electron chi connectivity index (χ0n) is 11.6. The maximum absolute atomic E-state index is 4.51. The Morgan fingerprint density at radius 1 is 1.30 bits per heavy atom. The summed E-state index contributed by atoms with van der Waals surface area (Å²) in [7, 11) is 0. The van der Waals surface area contributed by atoms with Gasteiger partial charge in [-0.15, -0.1) is 11.3 Å². The van der Waals surface area contributed by atoms with E-state index in [1.807, 2.05) is 17.7 Å². The Labute approximate surface area is 123 Å². The maximum Gasteiger partial charge on any atom is 0.0926 e. The lowest BCUT2D eigenvalue weighted by atomic mass is 10.0. The van der Waals surface area contributed by atoms with Crippen LogP contribution in [0.5, 0.6) is 0 Å². The molecule has 0 bridgehead atoms. The van der Waals surface area contributed by atoms with E-state index in [-0.39, 0.29) is 6.04 Å². The van der Waals surface area contributed by atoms with Gasteiger partial charge in [-0.3, -0.25) is 4.90 Å². The van der Waals surface area contributed by atoms with Gasteiger partial charge in [0.25, 0.3) is 0 Å². The molecular weight excluding hydrogens is 268 g/mol. The molecule has 2 aromatic rings. The zero-order valence-corrected chi connectivity index (χ0v) is 12.4. The van der Waals surface area contributed by atoms with Crippen molar-refractivity contribution in [3.05, 3.63) is 39.6 Å². The Hall–Kier alpha value is -1.17. The summed E-state index contributed by atoms with van der Waals surface area (Å²) in [5.41, 5.74) is 2.48. The summed E-state index contributed by atoms with van der Waals surface area (Å²) in [4.78, 5) is 13.2. The first kappa shape index (κ1) is 12.6. The first-order valence-electron chi connectivity index (χ1n) is 7.46. The number of aromatic nitrogens is 2. The Kier molecular flexibility index (Phi) is 3.34. The Morgan fingerprint density at radius 3 is 3.10 bits per heavy atom. The van der Waals surface area contributed by atoms with E-state index in [1.165, 1.54) is 47.1 Å². The van der Waals surface area contributed by atoms with E-state index < -0.39 is 0 Å². The lowest BCUT2D eigenvalue weighted by Crippen LogP contribution is -2.30. The number of thiophene rings is 1. The smallest absolute Gasteiger partial charge is 0.0926 e. The minimum Gasteiger partial charge on any atom is -0.348 e. The van der Waals surface area contributed by atoms with Gasteiger partial charge in [0.2, 0.25) is 0 Å². The molecule has 0 spiro atoms. The summed E-state index contributed by atoms with van der Waals surface area (Å²) in [6.07, 6.45) is 5.60. The number of rotatable bonds is 3. The van der Waals surface area contributed by atoms with Crippen LogP contribution in [0.25, 0.3) is 0 Å². The highest BCUT2D eigenvalue weighted by atomic mass is 32.1. The normalized spacial score (nSPS) is 23.1. The number of nitrogens with one attached hydrogen (secondary N) is 2. The highest BCUT2D eigenvalue weighted by molar-refractivity contribution is 7.12. The van der Waals surface area contributed by atoms with E-state index in [0.717, 1.165) is 19.5 Å². The second-order valence-corrected chi connectivity index (χ2v) is 6.89. The molecule has 4 nitrogen and oxygen atoms in total. The van der Waals surface area contributed by atoms with Gasteiger partial charge < -0.3 is 10.3 Å². The molecule has 2 aliphatic rings. The average molecular weight is 288 g/mol. The van der Waals surface area contributed by atoms with E-state index in [9.17, 15) is 0 Å². The van der Waals surface area contributed by atoms with Crippen LogP contribution < -0.4 is 5.32 Å². The SMILES string of the molecule is c1nc2c([nH]1)CCNC2c1ccc(CN2CCCC2)s1. The third-order valence-corrected chi connectivity index (χ3v) is 5.43. The van der Waals surface area contributed by atoms with Crippen LogP contribution in [0, 0.1) is 0 Å². The molecule has 2 aromatic heterocycles. The van der Waals surface area contributed by atoms with Crippen LogP contribution in [-0.4, -0.2) is 34.5 Å². The lowest BCUT2D eigenvalue weighted by Gasteiger charge is -2.21. The maximum atomic E-state index is 4.51. The molecule has 4 heterocycles. The van der Waals surface area contributed by atoms with Crippen molar-refractivity contribution in [3.63, 3.8) is 0 Å². The number of hydrogen-bond acceptors (Lipinski definition) is 4. The van der Waals surface area contributed by atoms with Crippen molar-refractivity contribution in [3.8, 4) is 0 Å². The predicted molar refractivity (Wildman–Crippen MR) is 81.0 cm³/mol. The van der Waals surface area contributed by atoms with Gasteiger partial charge in [-0.1, -0.05) is 0 Å². The molecule has 1 atom stereocenters. The number of H-pyrrole nitrogens is 1. The Balaban J connectivity index is 1.54. The molecule has 0 aliphatic carbocycles. The fraction of sp³-hybridized carbons (Fsp3) is 0.533. The highest BCUT2D eigenvalue weighted by Gasteiger charge is 2.25. The predicted octanol–water partition coefficient (Wildman–Crippen LogP) is 2.30. The monoisotopic (exact) mass is 288 g/mol. The van der Waals surface area contributed by atoms with Gasteiger partial charge in [0.05, 0.1) is 18.1 Å². The number of fused-ring (bicyclic) bond motifs is 1. The Bertz CT molecular complexity index is 582. The topological polar surface area (TPSA) is 44.0 Å². The van der Waals surface area contributed by atoms with Crippen LogP contribution in [0.2, 0.25) is 0 Å². The van der Waals surface area contributed by atoms with Crippen molar-refractivity contribution in [1.82, 2.24) is 20.2 Å². The van der Waals surface area contributed by atoms with Crippen LogP contribution in [0.15, 0.2) is 18.5 Å². The van der Waals surface area contributed by atoms with E-state index in [0.29, 0.717) is 0 Å². The van der Waals surface area contributed by atoms with Gasteiger partial charge in [0, 0.05) is 35.0 Å². The summed E-state index contributed by atoms with van der Waals surface area (Å²) in [6, 6.07) is 4.85. The molecule has 1 fully saturated rings. The summed E-state index contributed by atoms with van der Waals surface area (Å²) < 4.78 is 0. The van der Waals surface area contributed by atoms with Crippen LogP contribution >= 0.6 is 11.3 Å². The van der Waals surface area contributed by atoms with Gasteiger partial charge in [-0.05, 0) is 38.1 Å². The van der Waals surface area contributed by atoms with Gasteiger partial charge in [-0.2, -0.15) is 0 Å². The van der Waals surface area contributed by atoms with Crippen molar-refractivity contribution >= 4 is 11.3 Å². The molecular formula is C15H20N4S. The lowest BCUT2D eigenvalue weighted by molar-refractivity contribution is 0.334. The quantitative estimate of drug-likeness (QED) is 0.911. The number of hydrogen-bond donors (Lipinski definition) is 2. The minimum absolute atomic E-state index is 0.280. The fourth-order valence-electron chi connectivity index (χ4n) is 3.25. The standard InChI is InChI=1S/C15H20N4S/c1-2-8-19(7-1)9-11-3-4-13(20-11)15-14-12(5-6-16-15)17-10-18-14/h3-4,10,15-16H,1-2,5-9H2,(H,17,18). The first-order chi connectivity index (χ1) is 9.90. The van der Waals surface area contributed by atoms with E-state index in [1.54, 1.807) is 0 Å². The third kappa shape index (κ3) is 2.30. The zero-order chi connectivity index (χ0) is 13.4. The van der Waals surface area contributed by atoms with E-state index in [4.69, 9.17) is 0 Å². The van der Waals surface area contributed by atoms with Crippen LogP contribution in [0.3, 0.4) is 0 Å². The van der Waals surface area contributed by atoms with Gasteiger partial charge in [-0.25, -0.2) is 4.98 Å². The molecule has 0 radical (unpaired) electrons. The van der Waals surface area contributed by atoms with Crippen molar-refractivity contribution in [2.75, 3.05) is 19.6 Å². The molecule has 2 aliphatic heterocycles. The van der Waals surface area contributed by atoms with Crippen LogP contribution in [-0.2, 0) is 13.0 Å². The largest absolute Gasteiger partial charge is 0.348 e. The third-order valence-electron chi connectivity index (χ3n) is 4.29. The van der Waals surface area contributed by atoms with E-state index in [2.05, 4.69) is 32.3 Å². The molecule has 4 rings (SSSR count). The molecule has 1 unspecified atom stereocenters. The molecule has 1 saturated heterocycles. The molecule has 106 valence electrons. The number of likely N-dealkylation sites (tertiary alicyclic amines) is 1. The van der Waals surface area contributed by atoms with Gasteiger partial charge in [0.15, 0.2) is 0 Å². The fourth-order valence-corrected chi connectivity index (χ4v) is 4.38. The molecule has 0 amide bonds. The Morgan fingerprint density at radius 2 is 2.20 bits per heavy atom. The molecule has 20 heavy (non-hydrogen) atoms. The molecule has 0 aromatic carbocycles. The number of aromatic amines is 1. The van der Waals surface area contributed by atoms with Crippen molar-refractivity contribution in [1.29, 1.82) is 0 Å². The van der Waals surface area contributed by atoms with Gasteiger partial charge >= 0.3 is 0 Å². The summed E-state index contributed by atoms with van der Waals surface area (Å²) >= 11 is 1.94. The summed E-state index contributed by atoms with van der Waals surface area (Å²) in [5, 5.41) is 3.60. The van der Waals surface area contributed by atoms with Crippen LogP contribution in [0.4, 0.5) is 0 Å². The minimum atomic E-state index is 0.280. The average Bonchev–Trinajstić information content (AvgIpc) is 3.19.